The number of pyridine rings is 1. The summed E-state index contributed by atoms with van der Waals surface area (Å²) in [5, 5.41) is 13.6. The molecule has 0 saturated heterocycles. The van der Waals surface area contributed by atoms with Crippen LogP contribution in [0.1, 0.15) is 27.2 Å². The molecule has 0 aliphatic heterocycles. The maximum Gasteiger partial charge on any atom is 0.250 e. The number of fused-ring (bicyclic) bond motifs is 1. The van der Waals surface area contributed by atoms with E-state index in [0.717, 1.165) is 12.8 Å². The number of carbonyl (C=O) groups is 1. The minimum Gasteiger partial charge on any atom is -0.391 e. The highest BCUT2D eigenvalue weighted by molar-refractivity contribution is 5.93. The van der Waals surface area contributed by atoms with Crippen LogP contribution in [0.25, 0.3) is 0 Å². The Labute approximate surface area is 135 Å². The fourth-order valence-corrected chi connectivity index (χ4v) is 3.13. The molecule has 23 heavy (non-hydrogen) atoms. The SMILES string of the molecule is NC(=O)c1cccnc1C[C@H](O)CNC1Cc2ccccc2C1. The second kappa shape index (κ2) is 6.89. The first-order valence-corrected chi connectivity index (χ1v) is 7.85. The van der Waals surface area contributed by atoms with Crippen LogP contribution in [-0.4, -0.2) is 34.7 Å². The maximum absolute atomic E-state index is 11.4. The van der Waals surface area contributed by atoms with Gasteiger partial charge in [0.1, 0.15) is 0 Å². The van der Waals surface area contributed by atoms with Crippen LogP contribution >= 0.6 is 0 Å². The molecule has 5 heteroatoms. The van der Waals surface area contributed by atoms with Crippen molar-refractivity contribution in [3.8, 4) is 0 Å². The molecular weight excluding hydrogens is 290 g/mol. The van der Waals surface area contributed by atoms with Crippen LogP contribution in [0.15, 0.2) is 42.6 Å². The van der Waals surface area contributed by atoms with Gasteiger partial charge in [0.25, 0.3) is 5.91 Å². The summed E-state index contributed by atoms with van der Waals surface area (Å²) in [4.78, 5) is 15.5. The van der Waals surface area contributed by atoms with Gasteiger partial charge in [0, 0.05) is 25.2 Å². The number of aliphatic hydroxyl groups excluding tert-OH is 1. The number of benzene rings is 1. The summed E-state index contributed by atoms with van der Waals surface area (Å²) >= 11 is 0. The fourth-order valence-electron chi connectivity index (χ4n) is 3.13. The van der Waals surface area contributed by atoms with Gasteiger partial charge in [0.15, 0.2) is 0 Å². The van der Waals surface area contributed by atoms with Gasteiger partial charge in [-0.3, -0.25) is 9.78 Å². The second-order valence-corrected chi connectivity index (χ2v) is 6.00. The zero-order chi connectivity index (χ0) is 16.2. The lowest BCUT2D eigenvalue weighted by Crippen LogP contribution is -2.37. The minimum absolute atomic E-state index is 0.311. The Morgan fingerprint density at radius 3 is 2.61 bits per heavy atom. The molecule has 4 N–H and O–H groups in total. The number of primary amides is 1. The third-order valence-corrected chi connectivity index (χ3v) is 4.28. The number of nitrogens with zero attached hydrogens (tertiary/aromatic N) is 1. The van der Waals surface area contributed by atoms with E-state index in [4.69, 9.17) is 5.73 Å². The molecule has 0 spiro atoms. The Balaban J connectivity index is 1.53. The van der Waals surface area contributed by atoms with E-state index in [1.54, 1.807) is 18.3 Å². The Morgan fingerprint density at radius 1 is 1.26 bits per heavy atom. The number of rotatable bonds is 6. The van der Waals surface area contributed by atoms with Crippen LogP contribution in [0.4, 0.5) is 0 Å². The van der Waals surface area contributed by atoms with Crippen molar-refractivity contribution in [3.63, 3.8) is 0 Å². The summed E-state index contributed by atoms with van der Waals surface area (Å²) in [7, 11) is 0. The predicted molar refractivity (Wildman–Crippen MR) is 88.1 cm³/mol. The molecule has 1 atom stereocenters. The van der Waals surface area contributed by atoms with Gasteiger partial charge in [-0.1, -0.05) is 24.3 Å². The number of hydrogen-bond donors (Lipinski definition) is 3. The number of aliphatic hydroxyl groups is 1. The van der Waals surface area contributed by atoms with E-state index in [0.29, 0.717) is 30.3 Å². The molecule has 2 aromatic rings. The van der Waals surface area contributed by atoms with Gasteiger partial charge >= 0.3 is 0 Å². The molecule has 120 valence electrons. The minimum atomic E-state index is -0.605. The van der Waals surface area contributed by atoms with Crippen LogP contribution in [0.5, 0.6) is 0 Å². The Bertz CT molecular complexity index is 677. The van der Waals surface area contributed by atoms with Gasteiger partial charge in [-0.15, -0.1) is 0 Å². The van der Waals surface area contributed by atoms with Crippen molar-refractivity contribution in [1.29, 1.82) is 0 Å². The van der Waals surface area contributed by atoms with Gasteiger partial charge in [-0.05, 0) is 36.1 Å². The van der Waals surface area contributed by atoms with E-state index in [2.05, 4.69) is 34.6 Å². The van der Waals surface area contributed by atoms with Gasteiger partial charge in [-0.2, -0.15) is 0 Å². The molecule has 1 aliphatic carbocycles. The van der Waals surface area contributed by atoms with Gasteiger partial charge in [0.05, 0.1) is 17.4 Å². The Hall–Kier alpha value is -2.24. The summed E-state index contributed by atoms with van der Waals surface area (Å²) in [5.41, 5.74) is 9.01. The van der Waals surface area contributed by atoms with Crippen LogP contribution in [0, 0.1) is 0 Å². The van der Waals surface area contributed by atoms with E-state index in [1.807, 2.05) is 0 Å². The molecule has 1 aromatic carbocycles. The van der Waals surface area contributed by atoms with Crippen molar-refractivity contribution in [2.75, 3.05) is 6.54 Å². The smallest absolute Gasteiger partial charge is 0.250 e. The Morgan fingerprint density at radius 2 is 1.96 bits per heavy atom. The summed E-state index contributed by atoms with van der Waals surface area (Å²) in [5.74, 6) is -0.514. The fraction of sp³-hybridized carbons (Fsp3) is 0.333. The number of aromatic nitrogens is 1. The molecule has 1 amide bonds. The molecule has 0 saturated carbocycles. The lowest BCUT2D eigenvalue weighted by molar-refractivity contribution is 0.0997. The van der Waals surface area contributed by atoms with Crippen molar-refractivity contribution >= 4 is 5.91 Å². The molecule has 1 aromatic heterocycles. The van der Waals surface area contributed by atoms with Crippen molar-refractivity contribution in [2.45, 2.75) is 31.4 Å². The third kappa shape index (κ3) is 3.75. The van der Waals surface area contributed by atoms with E-state index in [1.165, 1.54) is 11.1 Å². The lowest BCUT2D eigenvalue weighted by atomic mass is 10.1. The zero-order valence-corrected chi connectivity index (χ0v) is 12.9. The van der Waals surface area contributed by atoms with E-state index in [-0.39, 0.29) is 0 Å². The van der Waals surface area contributed by atoms with Crippen molar-refractivity contribution in [2.24, 2.45) is 5.73 Å². The summed E-state index contributed by atoms with van der Waals surface area (Å²) < 4.78 is 0. The van der Waals surface area contributed by atoms with Crippen molar-refractivity contribution < 1.29 is 9.90 Å². The normalized spacial score (nSPS) is 15.3. The van der Waals surface area contributed by atoms with Crippen molar-refractivity contribution in [3.05, 3.63) is 65.0 Å². The lowest BCUT2D eigenvalue weighted by Gasteiger charge is -2.16. The highest BCUT2D eigenvalue weighted by Crippen LogP contribution is 2.21. The second-order valence-electron chi connectivity index (χ2n) is 6.00. The Kier molecular flexibility index (Phi) is 4.69. The average molecular weight is 311 g/mol. The zero-order valence-electron chi connectivity index (χ0n) is 12.9. The predicted octanol–water partition coefficient (Wildman–Crippen LogP) is 0.841. The first kappa shape index (κ1) is 15.6. The highest BCUT2D eigenvalue weighted by Gasteiger charge is 2.21. The van der Waals surface area contributed by atoms with Crippen LogP contribution in [0.3, 0.4) is 0 Å². The largest absolute Gasteiger partial charge is 0.391 e. The molecule has 0 fully saturated rings. The average Bonchev–Trinajstić information content (AvgIpc) is 2.96. The first-order valence-electron chi connectivity index (χ1n) is 7.85. The van der Waals surface area contributed by atoms with Crippen molar-refractivity contribution in [1.82, 2.24) is 10.3 Å². The monoisotopic (exact) mass is 311 g/mol. The quantitative estimate of drug-likeness (QED) is 0.738. The number of carbonyl (C=O) groups excluding carboxylic acids is 1. The summed E-state index contributed by atoms with van der Waals surface area (Å²) in [6.07, 6.45) is 3.28. The molecular formula is C18H21N3O2. The topological polar surface area (TPSA) is 88.2 Å². The summed E-state index contributed by atoms with van der Waals surface area (Å²) in [6.45, 7) is 0.466. The van der Waals surface area contributed by atoms with E-state index in [9.17, 15) is 9.90 Å². The van der Waals surface area contributed by atoms with Crippen LogP contribution in [-0.2, 0) is 19.3 Å². The standard InChI is InChI=1S/C18H21N3O2/c19-18(23)16-6-3-7-20-17(16)10-15(22)11-21-14-8-12-4-1-2-5-13(12)9-14/h1-7,14-15,21-22H,8-11H2,(H2,19,23)/t15-/m0/s1. The van der Waals surface area contributed by atoms with E-state index < -0.39 is 12.0 Å². The summed E-state index contributed by atoms with van der Waals surface area (Å²) in [6, 6.07) is 12.1. The number of hydrogen-bond acceptors (Lipinski definition) is 4. The number of amides is 1. The molecule has 5 nitrogen and oxygen atoms in total. The van der Waals surface area contributed by atoms with Crippen LogP contribution < -0.4 is 11.1 Å². The van der Waals surface area contributed by atoms with E-state index >= 15 is 0 Å². The molecule has 0 bridgehead atoms. The number of nitrogens with two attached hydrogens (primary N) is 1. The molecule has 0 radical (unpaired) electrons. The van der Waals surface area contributed by atoms with Gasteiger partial charge < -0.3 is 16.2 Å². The first-order chi connectivity index (χ1) is 11.1. The van der Waals surface area contributed by atoms with Gasteiger partial charge in [0.2, 0.25) is 0 Å². The van der Waals surface area contributed by atoms with Gasteiger partial charge in [-0.25, -0.2) is 0 Å². The molecule has 3 rings (SSSR count). The molecule has 1 heterocycles. The maximum atomic E-state index is 11.4. The third-order valence-electron chi connectivity index (χ3n) is 4.28. The molecule has 0 unspecified atom stereocenters. The highest BCUT2D eigenvalue weighted by atomic mass is 16.3. The van der Waals surface area contributed by atoms with Crippen LogP contribution in [0.2, 0.25) is 0 Å². The number of nitrogens with one attached hydrogen (secondary N) is 1. The molecule has 1 aliphatic rings.